The van der Waals surface area contributed by atoms with E-state index >= 15 is 0 Å². The highest BCUT2D eigenvalue weighted by molar-refractivity contribution is 6.09. The molecule has 0 aromatic heterocycles. The standard InChI is InChI=1S/C12H9ClO/c13-14-12-9-5-4-8-11(12)10-6-2-1-3-7-10/h1-9H. The third kappa shape index (κ3) is 1.73. The van der Waals surface area contributed by atoms with Crippen molar-refractivity contribution in [1.82, 2.24) is 0 Å². The van der Waals surface area contributed by atoms with Crippen molar-refractivity contribution >= 4 is 11.9 Å². The molecule has 0 heterocycles. The fourth-order valence-corrected chi connectivity index (χ4v) is 1.52. The van der Waals surface area contributed by atoms with E-state index in [1.807, 2.05) is 54.6 Å². The van der Waals surface area contributed by atoms with Gasteiger partial charge in [-0.15, -0.1) is 0 Å². The van der Waals surface area contributed by atoms with Crippen LogP contribution in [0.1, 0.15) is 0 Å². The number of hydrogen-bond acceptors (Lipinski definition) is 1. The Bertz CT molecular complexity index is 412. The minimum atomic E-state index is 0.681. The van der Waals surface area contributed by atoms with E-state index in [1.54, 1.807) is 0 Å². The first-order valence-electron chi connectivity index (χ1n) is 4.35. The first-order chi connectivity index (χ1) is 6.92. The third-order valence-corrected chi connectivity index (χ3v) is 2.22. The fourth-order valence-electron chi connectivity index (χ4n) is 1.39. The minimum absolute atomic E-state index is 0.681. The van der Waals surface area contributed by atoms with E-state index in [4.69, 9.17) is 16.2 Å². The largest absolute Gasteiger partial charge is 0.385 e. The Hall–Kier alpha value is -1.47. The predicted molar refractivity (Wildman–Crippen MR) is 58.4 cm³/mol. The zero-order valence-corrected chi connectivity index (χ0v) is 8.24. The van der Waals surface area contributed by atoms with E-state index in [-0.39, 0.29) is 0 Å². The van der Waals surface area contributed by atoms with Crippen molar-refractivity contribution in [3.8, 4) is 16.9 Å². The van der Waals surface area contributed by atoms with Gasteiger partial charge in [-0.1, -0.05) is 48.5 Å². The highest BCUT2D eigenvalue weighted by atomic mass is 35.5. The van der Waals surface area contributed by atoms with E-state index < -0.39 is 0 Å². The van der Waals surface area contributed by atoms with Gasteiger partial charge in [0.25, 0.3) is 0 Å². The van der Waals surface area contributed by atoms with Gasteiger partial charge in [0.2, 0.25) is 0 Å². The highest BCUT2D eigenvalue weighted by Gasteiger charge is 2.03. The summed E-state index contributed by atoms with van der Waals surface area (Å²) >= 11 is 5.38. The molecule has 0 atom stereocenters. The molecule has 0 spiro atoms. The van der Waals surface area contributed by atoms with Crippen molar-refractivity contribution in [1.29, 1.82) is 0 Å². The second kappa shape index (κ2) is 4.16. The van der Waals surface area contributed by atoms with Gasteiger partial charge in [0.05, 0.1) is 0 Å². The van der Waals surface area contributed by atoms with Crippen LogP contribution < -0.4 is 4.29 Å². The van der Waals surface area contributed by atoms with Gasteiger partial charge < -0.3 is 4.29 Å². The molecule has 2 aromatic rings. The maximum Gasteiger partial charge on any atom is 0.154 e. The Kier molecular flexibility index (Phi) is 2.70. The normalized spacial score (nSPS) is 9.79. The van der Waals surface area contributed by atoms with E-state index in [1.165, 1.54) is 0 Å². The number of halogens is 1. The van der Waals surface area contributed by atoms with E-state index in [0.717, 1.165) is 11.1 Å². The highest BCUT2D eigenvalue weighted by Crippen LogP contribution is 2.29. The molecule has 0 radical (unpaired) electrons. The lowest BCUT2D eigenvalue weighted by Crippen LogP contribution is -1.81. The van der Waals surface area contributed by atoms with Crippen molar-refractivity contribution in [2.24, 2.45) is 0 Å². The summed E-state index contributed by atoms with van der Waals surface area (Å²) in [4.78, 5) is 0. The molecule has 0 fully saturated rings. The second-order valence-electron chi connectivity index (χ2n) is 2.94. The Labute approximate surface area is 88.1 Å². The van der Waals surface area contributed by atoms with Crippen LogP contribution in [-0.2, 0) is 0 Å². The molecular formula is C12H9ClO. The lowest BCUT2D eigenvalue weighted by Gasteiger charge is -2.05. The van der Waals surface area contributed by atoms with Gasteiger partial charge >= 0.3 is 0 Å². The molecule has 2 heteroatoms. The molecule has 14 heavy (non-hydrogen) atoms. The molecule has 0 N–H and O–H groups in total. The van der Waals surface area contributed by atoms with Crippen LogP contribution in [0.15, 0.2) is 54.6 Å². The van der Waals surface area contributed by atoms with Crippen molar-refractivity contribution in [2.45, 2.75) is 0 Å². The quantitative estimate of drug-likeness (QED) is 0.721. The summed E-state index contributed by atoms with van der Waals surface area (Å²) in [5, 5.41) is 0. The van der Waals surface area contributed by atoms with Gasteiger partial charge in [0.15, 0.2) is 5.75 Å². The van der Waals surface area contributed by atoms with Crippen LogP contribution in [0.2, 0.25) is 0 Å². The van der Waals surface area contributed by atoms with Gasteiger partial charge in [-0.25, -0.2) is 0 Å². The summed E-state index contributed by atoms with van der Waals surface area (Å²) < 4.78 is 4.77. The van der Waals surface area contributed by atoms with Crippen molar-refractivity contribution in [2.75, 3.05) is 0 Å². The summed E-state index contributed by atoms with van der Waals surface area (Å²) in [5.74, 6) is 0.681. The van der Waals surface area contributed by atoms with E-state index in [2.05, 4.69) is 0 Å². The fraction of sp³-hybridized carbons (Fsp3) is 0. The lowest BCUT2D eigenvalue weighted by molar-refractivity contribution is 0.621. The van der Waals surface area contributed by atoms with E-state index in [9.17, 15) is 0 Å². The molecule has 0 amide bonds. The molecule has 0 aliphatic heterocycles. The monoisotopic (exact) mass is 204 g/mol. The molecule has 0 bridgehead atoms. The van der Waals surface area contributed by atoms with Crippen LogP contribution in [0.4, 0.5) is 0 Å². The zero-order valence-electron chi connectivity index (χ0n) is 7.48. The van der Waals surface area contributed by atoms with Crippen LogP contribution in [0.3, 0.4) is 0 Å². The summed E-state index contributed by atoms with van der Waals surface area (Å²) in [6, 6.07) is 17.7. The molecule has 2 rings (SSSR count). The summed E-state index contributed by atoms with van der Waals surface area (Å²) in [7, 11) is 0. The molecule has 2 aromatic carbocycles. The maximum atomic E-state index is 5.38. The third-order valence-electron chi connectivity index (χ3n) is 2.05. The number of para-hydroxylation sites is 1. The maximum absolute atomic E-state index is 5.38. The zero-order chi connectivity index (χ0) is 9.80. The summed E-state index contributed by atoms with van der Waals surface area (Å²) in [5.41, 5.74) is 2.10. The van der Waals surface area contributed by atoms with Gasteiger partial charge in [-0.2, -0.15) is 0 Å². The SMILES string of the molecule is ClOc1ccccc1-c1ccccc1. The molecular weight excluding hydrogens is 196 g/mol. The minimum Gasteiger partial charge on any atom is -0.385 e. The lowest BCUT2D eigenvalue weighted by atomic mass is 10.1. The Morgan fingerprint density at radius 3 is 2.14 bits per heavy atom. The Balaban J connectivity index is 2.51. The van der Waals surface area contributed by atoms with Crippen LogP contribution >= 0.6 is 11.9 Å². The smallest absolute Gasteiger partial charge is 0.154 e. The first-order valence-corrected chi connectivity index (χ1v) is 4.66. The summed E-state index contributed by atoms with van der Waals surface area (Å²) in [6.07, 6.45) is 0. The Morgan fingerprint density at radius 1 is 0.786 bits per heavy atom. The van der Waals surface area contributed by atoms with Crippen LogP contribution in [0, 0.1) is 0 Å². The molecule has 0 aliphatic rings. The molecule has 1 nitrogen and oxygen atoms in total. The summed E-state index contributed by atoms with van der Waals surface area (Å²) in [6.45, 7) is 0. The van der Waals surface area contributed by atoms with Crippen molar-refractivity contribution in [3.63, 3.8) is 0 Å². The first kappa shape index (κ1) is 9.10. The number of benzene rings is 2. The number of rotatable bonds is 2. The van der Waals surface area contributed by atoms with Crippen LogP contribution in [0.25, 0.3) is 11.1 Å². The molecule has 0 unspecified atom stereocenters. The molecule has 0 saturated heterocycles. The molecule has 70 valence electrons. The van der Waals surface area contributed by atoms with Gasteiger partial charge in [0, 0.05) is 5.56 Å². The van der Waals surface area contributed by atoms with Crippen LogP contribution in [0.5, 0.6) is 5.75 Å². The predicted octanol–water partition coefficient (Wildman–Crippen LogP) is 3.89. The van der Waals surface area contributed by atoms with Gasteiger partial charge in [-0.05, 0) is 11.6 Å². The molecule has 0 aliphatic carbocycles. The van der Waals surface area contributed by atoms with E-state index in [0.29, 0.717) is 5.75 Å². The second-order valence-corrected chi connectivity index (χ2v) is 3.09. The Morgan fingerprint density at radius 2 is 1.43 bits per heavy atom. The van der Waals surface area contributed by atoms with Gasteiger partial charge in [0.1, 0.15) is 11.9 Å². The topological polar surface area (TPSA) is 9.23 Å². The average molecular weight is 205 g/mol. The molecule has 0 saturated carbocycles. The van der Waals surface area contributed by atoms with Crippen molar-refractivity contribution < 1.29 is 4.29 Å². The van der Waals surface area contributed by atoms with Crippen molar-refractivity contribution in [3.05, 3.63) is 54.6 Å². The average Bonchev–Trinajstić information content (AvgIpc) is 2.30. The number of hydrogen-bond donors (Lipinski definition) is 0. The van der Waals surface area contributed by atoms with Crippen LogP contribution in [-0.4, -0.2) is 0 Å². The van der Waals surface area contributed by atoms with Gasteiger partial charge in [-0.3, -0.25) is 0 Å².